The Kier molecular flexibility index (Phi) is 4.83. The van der Waals surface area contributed by atoms with Crippen LogP contribution in [0.3, 0.4) is 0 Å². The summed E-state index contributed by atoms with van der Waals surface area (Å²) in [7, 11) is 3.10. The van der Waals surface area contributed by atoms with Gasteiger partial charge in [-0.25, -0.2) is 4.98 Å². The van der Waals surface area contributed by atoms with Crippen LogP contribution in [0, 0.1) is 0 Å². The zero-order valence-corrected chi connectivity index (χ0v) is 11.9. The van der Waals surface area contributed by atoms with Gasteiger partial charge in [0.25, 0.3) is 0 Å². The molecular formula is C12H14N4O3S. The van der Waals surface area contributed by atoms with Crippen LogP contribution in [0.5, 0.6) is 11.5 Å². The molecule has 0 radical (unpaired) electrons. The van der Waals surface area contributed by atoms with E-state index in [-0.39, 0.29) is 11.7 Å². The average Bonchev–Trinajstić information content (AvgIpc) is 2.98. The van der Waals surface area contributed by atoms with Gasteiger partial charge >= 0.3 is 0 Å². The molecule has 1 heterocycles. The summed E-state index contributed by atoms with van der Waals surface area (Å²) in [4.78, 5) is 15.7. The van der Waals surface area contributed by atoms with Crippen LogP contribution in [0.2, 0.25) is 0 Å². The molecule has 0 fully saturated rings. The van der Waals surface area contributed by atoms with Gasteiger partial charge in [-0.15, -0.1) is 0 Å². The van der Waals surface area contributed by atoms with E-state index in [9.17, 15) is 4.79 Å². The van der Waals surface area contributed by atoms with E-state index in [0.717, 1.165) is 0 Å². The van der Waals surface area contributed by atoms with Gasteiger partial charge in [-0.1, -0.05) is 11.8 Å². The fourth-order valence-corrected chi connectivity index (χ4v) is 2.09. The van der Waals surface area contributed by atoms with Crippen molar-refractivity contribution in [2.75, 3.05) is 25.3 Å². The smallest absolute Gasteiger partial charge is 0.234 e. The number of carbonyl (C=O) groups is 1. The van der Waals surface area contributed by atoms with Crippen molar-refractivity contribution in [1.82, 2.24) is 15.2 Å². The molecule has 1 amide bonds. The number of nitrogens with zero attached hydrogens (tertiary/aromatic N) is 2. The molecule has 0 aliphatic carbocycles. The van der Waals surface area contributed by atoms with Gasteiger partial charge < -0.3 is 14.8 Å². The molecule has 0 saturated carbocycles. The van der Waals surface area contributed by atoms with Crippen LogP contribution in [-0.2, 0) is 4.79 Å². The third-order valence-electron chi connectivity index (χ3n) is 2.40. The lowest BCUT2D eigenvalue weighted by Crippen LogP contribution is -2.14. The number of aromatic nitrogens is 3. The van der Waals surface area contributed by atoms with Crippen molar-refractivity contribution in [2.24, 2.45) is 0 Å². The number of ether oxygens (including phenoxy) is 2. The van der Waals surface area contributed by atoms with Crippen LogP contribution < -0.4 is 14.8 Å². The quantitative estimate of drug-likeness (QED) is 0.786. The third-order valence-corrected chi connectivity index (χ3v) is 3.28. The van der Waals surface area contributed by atoms with Crippen molar-refractivity contribution in [3.63, 3.8) is 0 Å². The Hall–Kier alpha value is -2.22. The lowest BCUT2D eigenvalue weighted by Gasteiger charge is -2.10. The van der Waals surface area contributed by atoms with Gasteiger partial charge in [-0.05, 0) is 12.1 Å². The molecule has 2 aromatic rings. The van der Waals surface area contributed by atoms with Crippen molar-refractivity contribution in [3.05, 3.63) is 24.5 Å². The average molecular weight is 294 g/mol. The van der Waals surface area contributed by atoms with E-state index in [1.54, 1.807) is 32.4 Å². The number of benzene rings is 1. The highest BCUT2D eigenvalue weighted by molar-refractivity contribution is 7.99. The first kappa shape index (κ1) is 14.2. The Balaban J connectivity index is 1.93. The van der Waals surface area contributed by atoms with E-state index in [0.29, 0.717) is 22.3 Å². The summed E-state index contributed by atoms with van der Waals surface area (Å²) >= 11 is 1.27. The zero-order chi connectivity index (χ0) is 14.4. The normalized spacial score (nSPS) is 10.1. The minimum Gasteiger partial charge on any atom is -0.493 e. The molecule has 2 rings (SSSR count). The highest BCUT2D eigenvalue weighted by Gasteiger charge is 2.08. The number of H-pyrrole nitrogens is 1. The molecule has 1 aromatic carbocycles. The Labute approximate surface area is 120 Å². The minimum atomic E-state index is -0.140. The SMILES string of the molecule is COc1ccc(NC(=O)CSc2ncn[nH]2)cc1OC. The van der Waals surface area contributed by atoms with Gasteiger partial charge in [0, 0.05) is 11.8 Å². The largest absolute Gasteiger partial charge is 0.493 e. The maximum atomic E-state index is 11.8. The highest BCUT2D eigenvalue weighted by atomic mass is 32.2. The first-order valence-electron chi connectivity index (χ1n) is 5.73. The van der Waals surface area contributed by atoms with Gasteiger partial charge in [0.05, 0.1) is 20.0 Å². The van der Waals surface area contributed by atoms with Crippen LogP contribution in [0.15, 0.2) is 29.7 Å². The van der Waals surface area contributed by atoms with Crippen LogP contribution in [0.4, 0.5) is 5.69 Å². The molecule has 20 heavy (non-hydrogen) atoms. The number of rotatable bonds is 6. The van der Waals surface area contributed by atoms with Gasteiger partial charge in [0.15, 0.2) is 16.7 Å². The van der Waals surface area contributed by atoms with Crippen molar-refractivity contribution >= 4 is 23.4 Å². The number of thioether (sulfide) groups is 1. The molecule has 1 aromatic heterocycles. The number of methoxy groups -OCH3 is 2. The lowest BCUT2D eigenvalue weighted by molar-refractivity contribution is -0.113. The predicted molar refractivity (Wildman–Crippen MR) is 75.3 cm³/mol. The van der Waals surface area contributed by atoms with Crippen LogP contribution >= 0.6 is 11.8 Å². The summed E-state index contributed by atoms with van der Waals surface area (Å²) in [6, 6.07) is 5.19. The van der Waals surface area contributed by atoms with Crippen molar-refractivity contribution in [2.45, 2.75) is 5.16 Å². The van der Waals surface area contributed by atoms with Gasteiger partial charge in [-0.3, -0.25) is 9.89 Å². The molecule has 0 unspecified atom stereocenters. The third kappa shape index (κ3) is 3.64. The number of anilines is 1. The number of amides is 1. The Morgan fingerprint density at radius 2 is 2.15 bits per heavy atom. The second kappa shape index (κ2) is 6.80. The molecule has 0 aliphatic heterocycles. The summed E-state index contributed by atoms with van der Waals surface area (Å²) in [5.41, 5.74) is 0.644. The predicted octanol–water partition coefficient (Wildman–Crippen LogP) is 1.55. The number of nitrogens with one attached hydrogen (secondary N) is 2. The molecule has 8 heteroatoms. The maximum absolute atomic E-state index is 11.8. The molecular weight excluding hydrogens is 280 g/mol. The molecule has 106 valence electrons. The summed E-state index contributed by atoms with van der Waals surface area (Å²) in [6.07, 6.45) is 1.40. The highest BCUT2D eigenvalue weighted by Crippen LogP contribution is 2.29. The second-order valence-electron chi connectivity index (χ2n) is 3.70. The molecule has 0 aliphatic rings. The molecule has 0 saturated heterocycles. The molecule has 0 spiro atoms. The van der Waals surface area contributed by atoms with Crippen LogP contribution in [0.1, 0.15) is 0 Å². The number of aromatic amines is 1. The topological polar surface area (TPSA) is 89.1 Å². The van der Waals surface area contributed by atoms with Gasteiger partial charge in [0.2, 0.25) is 5.91 Å². The van der Waals surface area contributed by atoms with E-state index in [1.165, 1.54) is 18.1 Å². The summed E-state index contributed by atoms with van der Waals surface area (Å²) in [5, 5.41) is 9.76. The summed E-state index contributed by atoms with van der Waals surface area (Å²) in [5.74, 6) is 1.28. The first-order chi connectivity index (χ1) is 9.72. The minimum absolute atomic E-state index is 0.140. The zero-order valence-electron chi connectivity index (χ0n) is 11.0. The Morgan fingerprint density at radius 1 is 1.35 bits per heavy atom. The first-order valence-corrected chi connectivity index (χ1v) is 6.71. The molecule has 7 nitrogen and oxygen atoms in total. The van der Waals surface area contributed by atoms with Crippen molar-refractivity contribution < 1.29 is 14.3 Å². The van der Waals surface area contributed by atoms with Gasteiger partial charge in [-0.2, -0.15) is 5.10 Å². The fraction of sp³-hybridized carbons (Fsp3) is 0.250. The summed E-state index contributed by atoms with van der Waals surface area (Å²) in [6.45, 7) is 0. The molecule has 0 bridgehead atoms. The van der Waals surface area contributed by atoms with Gasteiger partial charge in [0.1, 0.15) is 6.33 Å². The standard InChI is InChI=1S/C12H14N4O3S/c1-18-9-4-3-8(5-10(9)19-2)15-11(17)6-20-12-13-7-14-16-12/h3-5,7H,6H2,1-2H3,(H,15,17)(H,13,14,16). The number of hydrogen-bond donors (Lipinski definition) is 2. The Morgan fingerprint density at radius 3 is 2.80 bits per heavy atom. The van der Waals surface area contributed by atoms with Crippen LogP contribution in [0.25, 0.3) is 0 Å². The fourth-order valence-electron chi connectivity index (χ4n) is 1.51. The number of carbonyl (C=O) groups excluding carboxylic acids is 1. The second-order valence-corrected chi connectivity index (χ2v) is 4.66. The van der Waals surface area contributed by atoms with E-state index in [1.807, 2.05) is 0 Å². The van der Waals surface area contributed by atoms with Crippen LogP contribution in [-0.4, -0.2) is 41.1 Å². The van der Waals surface area contributed by atoms with E-state index in [2.05, 4.69) is 20.5 Å². The van der Waals surface area contributed by atoms with Crippen molar-refractivity contribution in [3.8, 4) is 11.5 Å². The lowest BCUT2D eigenvalue weighted by atomic mass is 10.2. The summed E-state index contributed by atoms with van der Waals surface area (Å²) < 4.78 is 10.3. The number of hydrogen-bond acceptors (Lipinski definition) is 6. The molecule has 2 N–H and O–H groups in total. The van der Waals surface area contributed by atoms with E-state index in [4.69, 9.17) is 9.47 Å². The maximum Gasteiger partial charge on any atom is 0.234 e. The molecule has 0 atom stereocenters. The van der Waals surface area contributed by atoms with Crippen molar-refractivity contribution in [1.29, 1.82) is 0 Å². The Bertz CT molecular complexity index is 574. The monoisotopic (exact) mass is 294 g/mol. The van der Waals surface area contributed by atoms with E-state index >= 15 is 0 Å². The van der Waals surface area contributed by atoms with E-state index < -0.39 is 0 Å².